The van der Waals surface area contributed by atoms with Gasteiger partial charge >= 0.3 is 11.7 Å². The van der Waals surface area contributed by atoms with Gasteiger partial charge in [0.2, 0.25) is 0 Å². The van der Waals surface area contributed by atoms with Crippen LogP contribution in [0.1, 0.15) is 54.7 Å². The molecule has 0 bridgehead atoms. The van der Waals surface area contributed by atoms with E-state index in [2.05, 4.69) is 13.8 Å². The van der Waals surface area contributed by atoms with E-state index in [1.165, 1.54) is 0 Å². The Labute approximate surface area is 171 Å². The Morgan fingerprint density at radius 2 is 1.72 bits per heavy atom. The molecule has 3 aromatic rings. The van der Waals surface area contributed by atoms with Crippen molar-refractivity contribution in [3.63, 3.8) is 0 Å². The highest BCUT2D eigenvalue weighted by molar-refractivity contribution is 5.95. The summed E-state index contributed by atoms with van der Waals surface area (Å²) in [5.74, 6) is -0.936. The maximum absolute atomic E-state index is 12.8. The average Bonchev–Trinajstić information content (AvgIpc) is 3.02. The SMILES string of the molecule is CCCCc1cn(CCC)c(=O)n1Cc1ccc(-c2ccccc2C(=O)O)cc1. The number of aromatic nitrogens is 2. The summed E-state index contributed by atoms with van der Waals surface area (Å²) >= 11 is 0. The van der Waals surface area contributed by atoms with Crippen LogP contribution in [0, 0.1) is 0 Å². The topological polar surface area (TPSA) is 64.2 Å². The van der Waals surface area contributed by atoms with Gasteiger partial charge in [0.05, 0.1) is 12.1 Å². The van der Waals surface area contributed by atoms with Crippen molar-refractivity contribution in [3.05, 3.63) is 82.0 Å². The second-order valence-corrected chi connectivity index (χ2v) is 7.33. The molecule has 0 unspecified atom stereocenters. The van der Waals surface area contributed by atoms with Gasteiger partial charge in [0.1, 0.15) is 0 Å². The molecule has 0 aliphatic rings. The highest BCUT2D eigenvalue weighted by Gasteiger charge is 2.13. The van der Waals surface area contributed by atoms with E-state index in [9.17, 15) is 14.7 Å². The summed E-state index contributed by atoms with van der Waals surface area (Å²) in [4.78, 5) is 24.3. The van der Waals surface area contributed by atoms with E-state index in [-0.39, 0.29) is 11.3 Å². The van der Waals surface area contributed by atoms with E-state index < -0.39 is 5.97 Å². The van der Waals surface area contributed by atoms with Crippen molar-refractivity contribution in [3.8, 4) is 11.1 Å². The predicted octanol–water partition coefficient (Wildman–Crippen LogP) is 4.82. The summed E-state index contributed by atoms with van der Waals surface area (Å²) in [6, 6.07) is 14.8. The van der Waals surface area contributed by atoms with Crippen LogP contribution in [0.25, 0.3) is 11.1 Å². The molecule has 0 aliphatic heterocycles. The molecule has 1 heterocycles. The number of rotatable bonds is 9. The molecule has 0 atom stereocenters. The molecule has 0 amide bonds. The zero-order chi connectivity index (χ0) is 20.8. The fraction of sp³-hybridized carbons (Fsp3) is 0.333. The minimum atomic E-state index is -0.936. The molecule has 1 aromatic heterocycles. The summed E-state index contributed by atoms with van der Waals surface area (Å²) in [5.41, 5.74) is 3.98. The van der Waals surface area contributed by atoms with Gasteiger partial charge in [-0.2, -0.15) is 0 Å². The van der Waals surface area contributed by atoms with E-state index in [1.54, 1.807) is 12.1 Å². The van der Waals surface area contributed by atoms with Crippen molar-refractivity contribution < 1.29 is 9.90 Å². The van der Waals surface area contributed by atoms with Crippen LogP contribution in [0.5, 0.6) is 0 Å². The van der Waals surface area contributed by atoms with Crippen LogP contribution >= 0.6 is 0 Å². The molecule has 5 heteroatoms. The number of unbranched alkanes of at least 4 members (excludes halogenated alkanes) is 1. The molecule has 5 nitrogen and oxygen atoms in total. The number of nitrogens with zero attached hydrogens (tertiary/aromatic N) is 2. The fourth-order valence-corrected chi connectivity index (χ4v) is 3.60. The van der Waals surface area contributed by atoms with Gasteiger partial charge in [0.25, 0.3) is 0 Å². The smallest absolute Gasteiger partial charge is 0.336 e. The maximum atomic E-state index is 12.8. The van der Waals surface area contributed by atoms with Gasteiger partial charge in [-0.25, -0.2) is 9.59 Å². The molecule has 0 saturated carbocycles. The molecule has 3 rings (SSSR count). The molecule has 0 radical (unpaired) electrons. The Kier molecular flexibility index (Phi) is 6.70. The molecule has 1 N–H and O–H groups in total. The first kappa shape index (κ1) is 20.6. The summed E-state index contributed by atoms with van der Waals surface area (Å²) in [7, 11) is 0. The lowest BCUT2D eigenvalue weighted by Gasteiger charge is -2.10. The summed E-state index contributed by atoms with van der Waals surface area (Å²) in [5, 5.41) is 9.41. The standard InChI is InChI=1S/C24H28N2O3/c1-3-5-8-20-17-25(15-4-2)24(29)26(20)16-18-11-13-19(14-12-18)21-9-6-7-10-22(21)23(27)28/h6-7,9-14,17H,3-5,8,15-16H2,1-2H3,(H,27,28). The summed E-state index contributed by atoms with van der Waals surface area (Å²) in [6.07, 6.45) is 5.96. The number of carboxylic acid groups (broad SMARTS) is 1. The first-order valence-corrected chi connectivity index (χ1v) is 10.3. The van der Waals surface area contributed by atoms with Crippen molar-refractivity contribution in [2.45, 2.75) is 52.6 Å². The number of carboxylic acids is 1. The van der Waals surface area contributed by atoms with E-state index in [1.807, 2.05) is 51.7 Å². The molecule has 0 saturated heterocycles. The molecule has 0 fully saturated rings. The van der Waals surface area contributed by atoms with Crippen LogP contribution in [0.4, 0.5) is 0 Å². The highest BCUT2D eigenvalue weighted by Crippen LogP contribution is 2.24. The van der Waals surface area contributed by atoms with Crippen LogP contribution in [0.15, 0.2) is 59.5 Å². The van der Waals surface area contributed by atoms with Crippen molar-refractivity contribution in [1.29, 1.82) is 0 Å². The molecule has 0 spiro atoms. The number of aryl methyl sites for hydroxylation is 2. The van der Waals surface area contributed by atoms with Crippen molar-refractivity contribution in [2.75, 3.05) is 0 Å². The Hall–Kier alpha value is -3.08. The van der Waals surface area contributed by atoms with Crippen LogP contribution in [-0.4, -0.2) is 20.2 Å². The molecular weight excluding hydrogens is 364 g/mol. The van der Waals surface area contributed by atoms with Crippen LogP contribution in [-0.2, 0) is 19.5 Å². The van der Waals surface area contributed by atoms with Crippen LogP contribution in [0.3, 0.4) is 0 Å². The highest BCUT2D eigenvalue weighted by atomic mass is 16.4. The minimum Gasteiger partial charge on any atom is -0.478 e. The van der Waals surface area contributed by atoms with Gasteiger partial charge in [-0.05, 0) is 42.0 Å². The molecule has 152 valence electrons. The quantitative estimate of drug-likeness (QED) is 0.568. The first-order valence-electron chi connectivity index (χ1n) is 10.3. The minimum absolute atomic E-state index is 0.0400. The molecular formula is C24H28N2O3. The summed E-state index contributed by atoms with van der Waals surface area (Å²) < 4.78 is 3.67. The van der Waals surface area contributed by atoms with Crippen LogP contribution < -0.4 is 5.69 Å². The lowest BCUT2D eigenvalue weighted by Crippen LogP contribution is -2.25. The van der Waals surface area contributed by atoms with Gasteiger partial charge in [0.15, 0.2) is 0 Å². The summed E-state index contributed by atoms with van der Waals surface area (Å²) in [6.45, 7) is 5.48. The largest absolute Gasteiger partial charge is 0.478 e. The number of hydrogen-bond donors (Lipinski definition) is 1. The van der Waals surface area contributed by atoms with E-state index in [0.717, 1.165) is 49.0 Å². The van der Waals surface area contributed by atoms with Gasteiger partial charge in [0, 0.05) is 18.4 Å². The normalized spacial score (nSPS) is 11.0. The lowest BCUT2D eigenvalue weighted by molar-refractivity contribution is 0.0697. The van der Waals surface area contributed by atoms with E-state index in [0.29, 0.717) is 12.1 Å². The molecule has 2 aromatic carbocycles. The second kappa shape index (κ2) is 9.41. The number of carbonyl (C=O) groups is 1. The van der Waals surface area contributed by atoms with E-state index >= 15 is 0 Å². The van der Waals surface area contributed by atoms with E-state index in [4.69, 9.17) is 0 Å². The van der Waals surface area contributed by atoms with Crippen molar-refractivity contribution in [1.82, 2.24) is 9.13 Å². The van der Waals surface area contributed by atoms with Gasteiger partial charge in [-0.15, -0.1) is 0 Å². The van der Waals surface area contributed by atoms with Crippen LogP contribution in [0.2, 0.25) is 0 Å². The van der Waals surface area contributed by atoms with Crippen molar-refractivity contribution >= 4 is 5.97 Å². The fourth-order valence-electron chi connectivity index (χ4n) is 3.60. The number of benzene rings is 2. The Bertz CT molecular complexity index is 1030. The number of hydrogen-bond acceptors (Lipinski definition) is 2. The number of imidazole rings is 1. The average molecular weight is 392 g/mol. The monoisotopic (exact) mass is 392 g/mol. The molecule has 0 aliphatic carbocycles. The van der Waals surface area contributed by atoms with Crippen molar-refractivity contribution in [2.24, 2.45) is 0 Å². The van der Waals surface area contributed by atoms with Gasteiger partial charge in [-0.3, -0.25) is 9.13 Å². The van der Waals surface area contributed by atoms with Gasteiger partial charge in [-0.1, -0.05) is 62.7 Å². The third-order valence-electron chi connectivity index (χ3n) is 5.14. The zero-order valence-electron chi connectivity index (χ0n) is 17.1. The van der Waals surface area contributed by atoms with Gasteiger partial charge < -0.3 is 5.11 Å². The zero-order valence-corrected chi connectivity index (χ0v) is 17.1. The second-order valence-electron chi connectivity index (χ2n) is 7.33. The lowest BCUT2D eigenvalue weighted by atomic mass is 9.99. The Morgan fingerprint density at radius 3 is 2.38 bits per heavy atom. The Balaban J connectivity index is 1.89. The number of aromatic carboxylic acids is 1. The molecule has 29 heavy (non-hydrogen) atoms. The maximum Gasteiger partial charge on any atom is 0.336 e. The first-order chi connectivity index (χ1) is 14.0. The Morgan fingerprint density at radius 1 is 1.00 bits per heavy atom. The third kappa shape index (κ3) is 4.67. The third-order valence-corrected chi connectivity index (χ3v) is 5.14. The predicted molar refractivity (Wildman–Crippen MR) is 116 cm³/mol.